The predicted molar refractivity (Wildman–Crippen MR) is 490 cm³/mol. The zero-order valence-electron chi connectivity index (χ0n) is 75.9. The number of hydrogen-bond acceptors (Lipinski definition) is 5. The Balaban J connectivity index is 0.000000674. The number of benzene rings is 9. The van der Waals surface area contributed by atoms with E-state index < -0.39 is 10.0 Å². The molecule has 16 heteroatoms. The number of nitrogens with one attached hydrogen (secondary N) is 1. The van der Waals surface area contributed by atoms with Gasteiger partial charge in [-0.25, -0.2) is 52.7 Å². The van der Waals surface area contributed by atoms with Crippen molar-refractivity contribution in [3.05, 3.63) is 318 Å². The standard InChI is InChI=1S/C16H24FN.2C14H22FN.C11H16FNO2S.2C10H13F.3C9H11F.CH4/c1-13(2)15-10-14(11-16(17)12-15)6-5-9-18-7-3-4-8-18;2*1-11(2)13-8-12(9-14(15)10-13)6-5-7-16(3)4;1-8(2)10-4-9(5-11(12)6-10)7-13-16(3,14)15;2*1-7(2)9-4-8(3)5-10(11)6-9;1-7(2)8-3-5-9(10)6-4-8;1-7(2)8-4-3-5-9(10)6-8;1-7(2)8-5-3-4-6-9(8)10;/h10-13H,3-9H2,1-2H3;2*8-11H,5-7H2,1-4H3;4-6,8,13H,7H2,1-3H3;2*4-7H,1-3H3;3*3-7H,1-2H3;1H4. The molecule has 0 unspecified atom stereocenters. The summed E-state index contributed by atoms with van der Waals surface area (Å²) < 4.78 is 141. The molecular formula is C103H147F9N4O2S. The van der Waals surface area contributed by atoms with Crippen molar-refractivity contribution in [1.29, 1.82) is 0 Å². The molecule has 10 rings (SSSR count). The average molecular weight is 1680 g/mol. The van der Waals surface area contributed by atoms with Gasteiger partial charge in [0.05, 0.1) is 6.26 Å². The highest BCUT2D eigenvalue weighted by molar-refractivity contribution is 7.88. The summed E-state index contributed by atoms with van der Waals surface area (Å²) in [6, 6.07) is 51.5. The molecule has 9 aromatic carbocycles. The van der Waals surface area contributed by atoms with Gasteiger partial charge in [0.25, 0.3) is 0 Å². The zero-order chi connectivity index (χ0) is 89.1. The van der Waals surface area contributed by atoms with Crippen LogP contribution in [0.3, 0.4) is 0 Å². The Kier molecular flexibility index (Phi) is 52.7. The van der Waals surface area contributed by atoms with Gasteiger partial charge in [-0.15, -0.1) is 0 Å². The summed E-state index contributed by atoms with van der Waals surface area (Å²) in [4.78, 5) is 6.83. The molecule has 0 saturated carbocycles. The van der Waals surface area contributed by atoms with E-state index in [1.54, 1.807) is 78.9 Å². The Bertz CT molecular complexity index is 4250. The van der Waals surface area contributed by atoms with Gasteiger partial charge in [0.2, 0.25) is 10.0 Å². The van der Waals surface area contributed by atoms with E-state index in [1.165, 1.54) is 67.9 Å². The molecule has 0 atom stereocenters. The van der Waals surface area contributed by atoms with Crippen molar-refractivity contribution in [3.63, 3.8) is 0 Å². The minimum Gasteiger partial charge on any atom is -0.309 e. The Morgan fingerprint density at radius 1 is 0.336 bits per heavy atom. The molecule has 0 radical (unpaired) electrons. The van der Waals surface area contributed by atoms with E-state index in [0.29, 0.717) is 47.0 Å². The Labute approximate surface area is 715 Å². The third-order valence-corrected chi connectivity index (χ3v) is 20.1. The van der Waals surface area contributed by atoms with Gasteiger partial charge in [0.1, 0.15) is 52.4 Å². The van der Waals surface area contributed by atoms with Crippen LogP contribution in [0.5, 0.6) is 0 Å². The van der Waals surface area contributed by atoms with E-state index >= 15 is 0 Å². The van der Waals surface area contributed by atoms with Gasteiger partial charge in [0, 0.05) is 6.54 Å². The van der Waals surface area contributed by atoms with Crippen molar-refractivity contribution in [2.45, 2.75) is 257 Å². The number of sulfonamides is 1. The van der Waals surface area contributed by atoms with Gasteiger partial charge < -0.3 is 14.7 Å². The summed E-state index contributed by atoms with van der Waals surface area (Å²) in [6.07, 6.45) is 9.97. The van der Waals surface area contributed by atoms with Crippen LogP contribution in [-0.2, 0) is 35.8 Å². The van der Waals surface area contributed by atoms with E-state index in [9.17, 15) is 47.9 Å². The van der Waals surface area contributed by atoms with Crippen molar-refractivity contribution < 1.29 is 47.9 Å². The van der Waals surface area contributed by atoms with Crippen molar-refractivity contribution in [3.8, 4) is 0 Å². The maximum atomic E-state index is 13.5. The third-order valence-electron chi connectivity index (χ3n) is 19.4. The van der Waals surface area contributed by atoms with Crippen LogP contribution >= 0.6 is 0 Å². The lowest BCUT2D eigenvalue weighted by atomic mass is 9.98. The van der Waals surface area contributed by atoms with E-state index in [0.717, 1.165) is 137 Å². The number of rotatable bonds is 24. The van der Waals surface area contributed by atoms with Gasteiger partial charge in [0.15, 0.2) is 0 Å². The fourth-order valence-electron chi connectivity index (χ4n) is 12.3. The van der Waals surface area contributed by atoms with Crippen LogP contribution in [0.4, 0.5) is 39.5 Å². The molecule has 1 saturated heterocycles. The first-order valence-electron chi connectivity index (χ1n) is 42.1. The summed E-state index contributed by atoms with van der Waals surface area (Å²) in [5, 5.41) is 0. The molecule has 9 aromatic rings. The molecule has 0 spiro atoms. The molecule has 119 heavy (non-hydrogen) atoms. The maximum Gasteiger partial charge on any atom is 0.209 e. The van der Waals surface area contributed by atoms with Crippen LogP contribution in [-0.4, -0.2) is 90.3 Å². The minimum atomic E-state index is -3.24. The Morgan fingerprint density at radius 3 is 0.958 bits per heavy atom. The van der Waals surface area contributed by atoms with Gasteiger partial charge >= 0.3 is 0 Å². The van der Waals surface area contributed by atoms with Crippen LogP contribution in [0.2, 0.25) is 0 Å². The number of likely N-dealkylation sites (tertiary alicyclic amines) is 1. The number of halogens is 9. The van der Waals surface area contributed by atoms with Crippen LogP contribution in [0.25, 0.3) is 0 Å². The molecule has 0 aliphatic carbocycles. The number of aryl methyl sites for hydroxylation is 5. The highest BCUT2D eigenvalue weighted by atomic mass is 32.2. The summed E-state index contributed by atoms with van der Waals surface area (Å²) in [5.74, 6) is 2.09. The second-order valence-electron chi connectivity index (χ2n) is 34.3. The predicted octanol–water partition coefficient (Wildman–Crippen LogP) is 28.9. The molecule has 1 aliphatic rings. The molecule has 1 fully saturated rings. The molecule has 1 heterocycles. The fraction of sp³-hybridized carbons (Fsp3) is 0.476. The van der Waals surface area contributed by atoms with Crippen molar-refractivity contribution in [2.75, 3.05) is 67.2 Å². The maximum absolute atomic E-state index is 13.5. The summed E-state index contributed by atoms with van der Waals surface area (Å²) in [6.45, 7) is 46.7. The molecule has 0 aromatic heterocycles. The zero-order valence-corrected chi connectivity index (χ0v) is 76.7. The first-order chi connectivity index (χ1) is 55.2. The first kappa shape index (κ1) is 109. The third kappa shape index (κ3) is 49.0. The normalized spacial score (nSPS) is 11.8. The smallest absolute Gasteiger partial charge is 0.209 e. The van der Waals surface area contributed by atoms with E-state index in [-0.39, 0.29) is 78.2 Å². The largest absolute Gasteiger partial charge is 0.309 e. The molecule has 1 aliphatic heterocycles. The SMILES string of the molecule is C.CC(C)c1cc(F)cc(CCCN(C)C)c1.CC(C)c1cc(F)cc(CCCN(C)C)c1.CC(C)c1cc(F)cc(CCCN2CCCC2)c1.CC(C)c1cc(F)cc(CNS(C)(=O)=O)c1.CC(C)c1ccc(F)cc1.CC(C)c1cccc(F)c1.CC(C)c1ccccc1F.Cc1cc(F)cc(C(C)C)c1.Cc1cc(F)cc(C(C)C)c1. The van der Waals surface area contributed by atoms with Crippen molar-refractivity contribution in [2.24, 2.45) is 0 Å². The summed E-state index contributed by atoms with van der Waals surface area (Å²) in [7, 11) is 5.00. The Hall–Kier alpha value is -7.86. The minimum absolute atomic E-state index is 0. The molecule has 0 bridgehead atoms. The molecule has 660 valence electrons. The van der Waals surface area contributed by atoms with Crippen molar-refractivity contribution >= 4 is 10.0 Å². The molecule has 6 nitrogen and oxygen atoms in total. The van der Waals surface area contributed by atoms with Crippen LogP contribution in [0, 0.1) is 66.2 Å². The molecule has 1 N–H and O–H groups in total. The van der Waals surface area contributed by atoms with E-state index in [4.69, 9.17) is 0 Å². The van der Waals surface area contributed by atoms with E-state index in [2.05, 4.69) is 163 Å². The monoisotopic (exact) mass is 1680 g/mol. The fourth-order valence-corrected chi connectivity index (χ4v) is 12.8. The average Bonchev–Trinajstić information content (AvgIpc) is 1.56. The van der Waals surface area contributed by atoms with Gasteiger partial charge in [-0.3, -0.25) is 0 Å². The molecular weight excluding hydrogens is 1530 g/mol. The second kappa shape index (κ2) is 57.4. The van der Waals surface area contributed by atoms with Gasteiger partial charge in [-0.2, -0.15) is 0 Å². The highest BCUT2D eigenvalue weighted by Crippen LogP contribution is 2.26. The quantitative estimate of drug-likeness (QED) is 0.0611. The van der Waals surface area contributed by atoms with Crippen LogP contribution < -0.4 is 4.72 Å². The first-order valence-corrected chi connectivity index (χ1v) is 44.0. The topological polar surface area (TPSA) is 55.9 Å². The highest BCUT2D eigenvalue weighted by Gasteiger charge is 2.14. The summed E-state index contributed by atoms with van der Waals surface area (Å²) in [5.41, 5.74) is 15.4. The number of nitrogens with zero attached hydrogens (tertiary/aromatic N) is 3. The summed E-state index contributed by atoms with van der Waals surface area (Å²) >= 11 is 0. The Morgan fingerprint density at radius 2 is 0.655 bits per heavy atom. The molecule has 0 amide bonds. The van der Waals surface area contributed by atoms with Crippen LogP contribution in [0.15, 0.2) is 182 Å². The van der Waals surface area contributed by atoms with Crippen LogP contribution in [0.1, 0.15) is 301 Å². The lowest BCUT2D eigenvalue weighted by Crippen LogP contribution is -2.21. The van der Waals surface area contributed by atoms with Gasteiger partial charge in [-0.05, 0) is 366 Å². The van der Waals surface area contributed by atoms with Crippen molar-refractivity contribution in [1.82, 2.24) is 19.4 Å². The second-order valence-corrected chi connectivity index (χ2v) is 36.1. The lowest BCUT2D eigenvalue weighted by Gasteiger charge is -2.14. The van der Waals surface area contributed by atoms with E-state index in [1.807, 2.05) is 90.1 Å². The number of hydrogen-bond donors (Lipinski definition) is 1. The van der Waals surface area contributed by atoms with Gasteiger partial charge in [-0.1, -0.05) is 211 Å². The lowest BCUT2D eigenvalue weighted by molar-refractivity contribution is 0.334.